The summed E-state index contributed by atoms with van der Waals surface area (Å²) in [5, 5.41) is 11.0. The molecule has 2 heterocycles. The van der Waals surface area contributed by atoms with Crippen LogP contribution in [-0.2, 0) is 12.1 Å². The molecule has 4 rings (SSSR count). The van der Waals surface area contributed by atoms with Crippen molar-refractivity contribution in [2.75, 3.05) is 19.9 Å². The molecule has 2 aliphatic rings. The minimum Gasteiger partial charge on any atom is -0.454 e. The Morgan fingerprint density at radius 2 is 1.70 bits per heavy atom. The van der Waals surface area contributed by atoms with E-state index in [0.29, 0.717) is 0 Å². The number of benzene rings is 2. The first-order valence-corrected chi connectivity index (χ1v) is 8.12. The molecule has 120 valence electrons. The molecule has 1 saturated heterocycles. The molecule has 0 spiro atoms. The van der Waals surface area contributed by atoms with Crippen LogP contribution in [0, 0.1) is 0 Å². The van der Waals surface area contributed by atoms with Crippen LogP contribution in [0.5, 0.6) is 11.5 Å². The third-order valence-electron chi connectivity index (χ3n) is 4.84. The summed E-state index contributed by atoms with van der Waals surface area (Å²) in [6.45, 7) is 2.99. The van der Waals surface area contributed by atoms with E-state index in [1.165, 1.54) is 5.56 Å². The van der Waals surface area contributed by atoms with E-state index < -0.39 is 5.60 Å². The highest BCUT2D eigenvalue weighted by atomic mass is 16.7. The van der Waals surface area contributed by atoms with Crippen LogP contribution >= 0.6 is 0 Å². The van der Waals surface area contributed by atoms with Crippen molar-refractivity contribution in [3.05, 3.63) is 59.7 Å². The Morgan fingerprint density at radius 3 is 2.48 bits per heavy atom. The van der Waals surface area contributed by atoms with Crippen LogP contribution in [0.4, 0.5) is 0 Å². The van der Waals surface area contributed by atoms with Crippen molar-refractivity contribution in [3.8, 4) is 11.5 Å². The second-order valence-electron chi connectivity index (χ2n) is 6.36. The summed E-state index contributed by atoms with van der Waals surface area (Å²) in [5.41, 5.74) is 1.48. The largest absolute Gasteiger partial charge is 0.454 e. The zero-order valence-electron chi connectivity index (χ0n) is 13.1. The van der Waals surface area contributed by atoms with E-state index in [-0.39, 0.29) is 6.79 Å². The number of hydrogen-bond donors (Lipinski definition) is 1. The van der Waals surface area contributed by atoms with Gasteiger partial charge in [0, 0.05) is 19.6 Å². The van der Waals surface area contributed by atoms with Gasteiger partial charge in [-0.05, 0) is 36.1 Å². The van der Waals surface area contributed by atoms with Gasteiger partial charge in [-0.2, -0.15) is 0 Å². The number of likely N-dealkylation sites (tertiary alicyclic amines) is 1. The molecule has 0 unspecified atom stereocenters. The lowest BCUT2D eigenvalue weighted by atomic mass is 9.84. The van der Waals surface area contributed by atoms with Crippen LogP contribution in [0.15, 0.2) is 48.5 Å². The lowest BCUT2D eigenvalue weighted by Gasteiger charge is -2.38. The number of piperidine rings is 1. The highest BCUT2D eigenvalue weighted by Gasteiger charge is 2.35. The Balaban J connectivity index is 1.43. The Morgan fingerprint density at radius 1 is 0.957 bits per heavy atom. The van der Waals surface area contributed by atoms with Gasteiger partial charge in [-0.25, -0.2) is 0 Å². The molecule has 23 heavy (non-hydrogen) atoms. The van der Waals surface area contributed by atoms with Crippen LogP contribution in [0.1, 0.15) is 24.0 Å². The Kier molecular flexibility index (Phi) is 3.71. The maximum absolute atomic E-state index is 11.0. The van der Waals surface area contributed by atoms with Gasteiger partial charge in [-0.3, -0.25) is 4.90 Å². The number of rotatable bonds is 3. The maximum Gasteiger partial charge on any atom is 0.231 e. The number of nitrogens with zero attached hydrogens (tertiary/aromatic N) is 1. The van der Waals surface area contributed by atoms with Crippen molar-refractivity contribution in [1.29, 1.82) is 0 Å². The second-order valence-corrected chi connectivity index (χ2v) is 6.36. The summed E-state index contributed by atoms with van der Waals surface area (Å²) in [4.78, 5) is 2.40. The first-order chi connectivity index (χ1) is 11.2. The fraction of sp³-hybridized carbons (Fsp3) is 0.368. The fourth-order valence-corrected chi connectivity index (χ4v) is 3.40. The van der Waals surface area contributed by atoms with E-state index in [0.717, 1.165) is 49.5 Å². The highest BCUT2D eigenvalue weighted by molar-refractivity contribution is 5.46. The van der Waals surface area contributed by atoms with Crippen molar-refractivity contribution < 1.29 is 14.6 Å². The molecule has 1 fully saturated rings. The molecule has 2 aliphatic heterocycles. The molecule has 0 radical (unpaired) electrons. The number of fused-ring (bicyclic) bond motifs is 1. The number of hydrogen-bond acceptors (Lipinski definition) is 4. The highest BCUT2D eigenvalue weighted by Crippen LogP contribution is 2.39. The predicted molar refractivity (Wildman–Crippen MR) is 87.4 cm³/mol. The van der Waals surface area contributed by atoms with Crippen molar-refractivity contribution in [2.45, 2.75) is 25.0 Å². The van der Waals surface area contributed by atoms with Gasteiger partial charge in [0.1, 0.15) is 0 Å². The predicted octanol–water partition coefficient (Wildman–Crippen LogP) is 2.90. The molecule has 0 aliphatic carbocycles. The minimum absolute atomic E-state index is 0.266. The van der Waals surface area contributed by atoms with Gasteiger partial charge in [-0.1, -0.05) is 36.4 Å². The number of aliphatic hydroxyl groups is 1. The average Bonchev–Trinajstić information content (AvgIpc) is 3.06. The maximum atomic E-state index is 11.0. The van der Waals surface area contributed by atoms with Crippen LogP contribution in [0.25, 0.3) is 0 Å². The lowest BCUT2D eigenvalue weighted by Crippen LogP contribution is -2.42. The molecule has 4 heteroatoms. The summed E-state index contributed by atoms with van der Waals surface area (Å²) in [5.74, 6) is 1.50. The van der Waals surface area contributed by atoms with Crippen molar-refractivity contribution in [1.82, 2.24) is 4.90 Å². The van der Waals surface area contributed by atoms with Crippen LogP contribution in [-0.4, -0.2) is 29.9 Å². The van der Waals surface area contributed by atoms with Gasteiger partial charge < -0.3 is 14.6 Å². The molecular formula is C19H21NO3. The fourth-order valence-electron chi connectivity index (χ4n) is 3.40. The van der Waals surface area contributed by atoms with Crippen molar-refractivity contribution >= 4 is 0 Å². The molecule has 0 atom stereocenters. The summed E-state index contributed by atoms with van der Waals surface area (Å²) >= 11 is 0. The van der Waals surface area contributed by atoms with E-state index in [2.05, 4.69) is 29.2 Å². The van der Waals surface area contributed by atoms with Gasteiger partial charge in [0.05, 0.1) is 5.60 Å². The smallest absolute Gasteiger partial charge is 0.231 e. The molecule has 4 nitrogen and oxygen atoms in total. The summed E-state index contributed by atoms with van der Waals surface area (Å²) in [6.07, 6.45) is 1.47. The van der Waals surface area contributed by atoms with Crippen LogP contribution in [0.2, 0.25) is 0 Å². The third kappa shape index (κ3) is 2.92. The third-order valence-corrected chi connectivity index (χ3v) is 4.84. The monoisotopic (exact) mass is 311 g/mol. The van der Waals surface area contributed by atoms with Crippen molar-refractivity contribution in [2.24, 2.45) is 0 Å². The first-order valence-electron chi connectivity index (χ1n) is 8.12. The molecule has 1 N–H and O–H groups in total. The molecule has 2 aromatic carbocycles. The van der Waals surface area contributed by atoms with E-state index in [1.54, 1.807) is 0 Å². The number of ether oxygens (including phenoxy) is 2. The summed E-state index contributed by atoms with van der Waals surface area (Å²) < 4.78 is 10.8. The van der Waals surface area contributed by atoms with Gasteiger partial charge in [0.2, 0.25) is 6.79 Å². The zero-order valence-corrected chi connectivity index (χ0v) is 13.1. The first kappa shape index (κ1) is 14.5. The standard InChI is InChI=1S/C19H21NO3/c21-19(16-6-7-17-18(12-16)23-14-22-17)8-10-20(11-9-19)13-15-4-2-1-3-5-15/h1-7,12,21H,8-11,13-14H2. The molecule has 0 saturated carbocycles. The SMILES string of the molecule is OC1(c2ccc3c(c2)OCO3)CCN(Cc2ccccc2)CC1. The van der Waals surface area contributed by atoms with Crippen LogP contribution < -0.4 is 9.47 Å². The molecule has 0 bridgehead atoms. The van der Waals surface area contributed by atoms with Crippen LogP contribution in [0.3, 0.4) is 0 Å². The van der Waals surface area contributed by atoms with E-state index in [4.69, 9.17) is 9.47 Å². The van der Waals surface area contributed by atoms with E-state index >= 15 is 0 Å². The Hall–Kier alpha value is -2.04. The van der Waals surface area contributed by atoms with Gasteiger partial charge in [0.15, 0.2) is 11.5 Å². The molecular weight excluding hydrogens is 290 g/mol. The lowest BCUT2D eigenvalue weighted by molar-refractivity contribution is -0.0278. The second kappa shape index (κ2) is 5.87. The normalized spacial score (nSPS) is 19.7. The molecule has 0 amide bonds. The summed E-state index contributed by atoms with van der Waals surface area (Å²) in [7, 11) is 0. The molecule has 2 aromatic rings. The zero-order chi connectivity index (χ0) is 15.7. The Labute approximate surface area is 136 Å². The van der Waals surface area contributed by atoms with Crippen molar-refractivity contribution in [3.63, 3.8) is 0 Å². The van der Waals surface area contributed by atoms with Gasteiger partial charge in [-0.15, -0.1) is 0 Å². The topological polar surface area (TPSA) is 41.9 Å². The minimum atomic E-state index is -0.770. The molecule has 0 aromatic heterocycles. The Bertz CT molecular complexity index is 678. The van der Waals surface area contributed by atoms with Gasteiger partial charge in [0.25, 0.3) is 0 Å². The van der Waals surface area contributed by atoms with E-state index in [9.17, 15) is 5.11 Å². The average molecular weight is 311 g/mol. The van der Waals surface area contributed by atoms with Gasteiger partial charge >= 0.3 is 0 Å². The quantitative estimate of drug-likeness (QED) is 0.946. The van der Waals surface area contributed by atoms with E-state index in [1.807, 2.05) is 24.3 Å². The summed E-state index contributed by atoms with van der Waals surface area (Å²) in [6, 6.07) is 16.3.